The van der Waals surface area contributed by atoms with E-state index in [1.807, 2.05) is 30.3 Å². The Labute approximate surface area is 140 Å². The Morgan fingerprint density at radius 1 is 1.29 bits per heavy atom. The van der Waals surface area contributed by atoms with E-state index >= 15 is 0 Å². The van der Waals surface area contributed by atoms with Gasteiger partial charge in [-0.05, 0) is 11.5 Å². The molecule has 2 N–H and O–H groups in total. The first-order valence-corrected chi connectivity index (χ1v) is 7.87. The van der Waals surface area contributed by atoms with E-state index in [1.54, 1.807) is 6.92 Å². The van der Waals surface area contributed by atoms with Crippen LogP contribution in [0.15, 0.2) is 35.4 Å². The SMILES string of the molecule is CC(CNC(=O)C1=NN(Cc2ccccc2)C(=O)CC1)CC(=O)O. The van der Waals surface area contributed by atoms with Crippen LogP contribution in [0.2, 0.25) is 0 Å². The molecule has 7 heteroatoms. The van der Waals surface area contributed by atoms with Crippen molar-refractivity contribution in [3.63, 3.8) is 0 Å². The number of aliphatic carboxylic acids is 1. The second-order valence-corrected chi connectivity index (χ2v) is 5.90. The molecule has 1 unspecified atom stereocenters. The maximum Gasteiger partial charge on any atom is 0.303 e. The predicted molar refractivity (Wildman–Crippen MR) is 88.1 cm³/mol. The lowest BCUT2D eigenvalue weighted by atomic mass is 10.1. The van der Waals surface area contributed by atoms with Crippen LogP contribution in [0.4, 0.5) is 0 Å². The molecule has 0 radical (unpaired) electrons. The molecule has 0 fully saturated rings. The second-order valence-electron chi connectivity index (χ2n) is 5.90. The summed E-state index contributed by atoms with van der Waals surface area (Å²) in [6, 6.07) is 9.44. The van der Waals surface area contributed by atoms with Gasteiger partial charge in [0.1, 0.15) is 5.71 Å². The molecule has 0 bridgehead atoms. The van der Waals surface area contributed by atoms with E-state index in [1.165, 1.54) is 5.01 Å². The third-order valence-electron chi connectivity index (χ3n) is 3.68. The summed E-state index contributed by atoms with van der Waals surface area (Å²) in [6.45, 7) is 2.34. The Morgan fingerprint density at radius 2 is 2.00 bits per heavy atom. The summed E-state index contributed by atoms with van der Waals surface area (Å²) < 4.78 is 0. The Morgan fingerprint density at radius 3 is 2.67 bits per heavy atom. The van der Waals surface area contributed by atoms with E-state index in [0.717, 1.165) is 5.56 Å². The standard InChI is InChI=1S/C17H21N3O4/c1-12(9-16(22)23)10-18-17(24)14-7-8-15(21)20(19-14)11-13-5-3-2-4-6-13/h2-6,12H,7-11H2,1H3,(H,18,24)(H,22,23). The van der Waals surface area contributed by atoms with Gasteiger partial charge in [0.2, 0.25) is 5.91 Å². The van der Waals surface area contributed by atoms with Gasteiger partial charge in [-0.15, -0.1) is 0 Å². The summed E-state index contributed by atoms with van der Waals surface area (Å²) in [5, 5.41) is 16.9. The van der Waals surface area contributed by atoms with E-state index in [9.17, 15) is 14.4 Å². The molecule has 128 valence electrons. The average Bonchev–Trinajstić information content (AvgIpc) is 2.55. The molecule has 1 atom stereocenters. The fourth-order valence-electron chi connectivity index (χ4n) is 2.38. The molecule has 0 saturated heterocycles. The van der Waals surface area contributed by atoms with Crippen LogP contribution in [0, 0.1) is 5.92 Å². The third-order valence-corrected chi connectivity index (χ3v) is 3.68. The number of carbonyl (C=O) groups is 3. The smallest absolute Gasteiger partial charge is 0.303 e. The van der Waals surface area contributed by atoms with Crippen LogP contribution in [0.5, 0.6) is 0 Å². The molecule has 0 spiro atoms. The highest BCUT2D eigenvalue weighted by Gasteiger charge is 2.24. The zero-order valence-electron chi connectivity index (χ0n) is 13.6. The second kappa shape index (κ2) is 8.24. The highest BCUT2D eigenvalue weighted by atomic mass is 16.4. The molecule has 1 aliphatic rings. The van der Waals surface area contributed by atoms with Crippen LogP contribution >= 0.6 is 0 Å². The first-order valence-electron chi connectivity index (χ1n) is 7.87. The number of carboxylic acid groups (broad SMARTS) is 1. The lowest BCUT2D eigenvalue weighted by molar-refractivity contribution is -0.138. The molecular formula is C17H21N3O4. The van der Waals surface area contributed by atoms with E-state index < -0.39 is 5.97 Å². The predicted octanol–water partition coefficient (Wildman–Crippen LogP) is 1.39. The van der Waals surface area contributed by atoms with Crippen LogP contribution in [0.1, 0.15) is 31.7 Å². The number of amides is 2. The van der Waals surface area contributed by atoms with E-state index in [2.05, 4.69) is 10.4 Å². The summed E-state index contributed by atoms with van der Waals surface area (Å²) in [5.41, 5.74) is 1.24. The molecule has 1 aromatic rings. The van der Waals surface area contributed by atoms with Crippen molar-refractivity contribution in [2.75, 3.05) is 6.54 Å². The molecule has 7 nitrogen and oxygen atoms in total. The summed E-state index contributed by atoms with van der Waals surface area (Å²) in [7, 11) is 0. The zero-order chi connectivity index (χ0) is 17.5. The van der Waals surface area contributed by atoms with Gasteiger partial charge in [-0.25, -0.2) is 5.01 Å². The Balaban J connectivity index is 1.96. The van der Waals surface area contributed by atoms with Crippen molar-refractivity contribution in [2.24, 2.45) is 11.0 Å². The molecule has 0 aromatic heterocycles. The molecule has 1 aliphatic heterocycles. The molecule has 2 amide bonds. The molecule has 1 heterocycles. The molecule has 0 saturated carbocycles. The number of nitrogens with zero attached hydrogens (tertiary/aromatic N) is 2. The fraction of sp³-hybridized carbons (Fsp3) is 0.412. The van der Waals surface area contributed by atoms with Crippen LogP contribution in [-0.2, 0) is 20.9 Å². The van der Waals surface area contributed by atoms with Crippen LogP contribution in [0.3, 0.4) is 0 Å². The van der Waals surface area contributed by atoms with E-state index in [4.69, 9.17) is 5.11 Å². The minimum absolute atomic E-state index is 0.00856. The monoisotopic (exact) mass is 331 g/mol. The van der Waals surface area contributed by atoms with Crippen molar-refractivity contribution in [3.8, 4) is 0 Å². The highest BCUT2D eigenvalue weighted by Crippen LogP contribution is 2.13. The quantitative estimate of drug-likeness (QED) is 0.788. The Bertz CT molecular complexity index is 642. The minimum Gasteiger partial charge on any atom is -0.481 e. The fourth-order valence-corrected chi connectivity index (χ4v) is 2.38. The highest BCUT2D eigenvalue weighted by molar-refractivity contribution is 6.39. The molecular weight excluding hydrogens is 310 g/mol. The number of rotatable bonds is 7. The van der Waals surface area contributed by atoms with Crippen molar-refractivity contribution in [1.29, 1.82) is 0 Å². The molecule has 2 rings (SSSR count). The first-order chi connectivity index (χ1) is 11.5. The van der Waals surface area contributed by atoms with Crippen molar-refractivity contribution in [1.82, 2.24) is 10.3 Å². The Kier molecular flexibility index (Phi) is 6.06. The summed E-state index contributed by atoms with van der Waals surface area (Å²) >= 11 is 0. The minimum atomic E-state index is -0.897. The maximum atomic E-state index is 12.2. The number of benzene rings is 1. The lowest BCUT2D eigenvalue weighted by Gasteiger charge is -2.23. The van der Waals surface area contributed by atoms with Gasteiger partial charge >= 0.3 is 5.97 Å². The van der Waals surface area contributed by atoms with Crippen molar-refractivity contribution in [2.45, 2.75) is 32.7 Å². The molecule has 0 aliphatic carbocycles. The van der Waals surface area contributed by atoms with Crippen LogP contribution in [-0.4, -0.2) is 40.2 Å². The van der Waals surface area contributed by atoms with Gasteiger partial charge in [0.05, 0.1) is 6.54 Å². The summed E-state index contributed by atoms with van der Waals surface area (Å²) in [6.07, 6.45) is 0.526. The molecule has 1 aromatic carbocycles. The number of carbonyl (C=O) groups excluding carboxylic acids is 2. The van der Waals surface area contributed by atoms with Gasteiger partial charge in [-0.3, -0.25) is 14.4 Å². The van der Waals surface area contributed by atoms with Gasteiger partial charge in [-0.1, -0.05) is 37.3 Å². The zero-order valence-corrected chi connectivity index (χ0v) is 13.6. The third kappa shape index (κ3) is 5.19. The summed E-state index contributed by atoms with van der Waals surface area (Å²) in [4.78, 5) is 34.8. The number of nitrogens with one attached hydrogen (secondary N) is 1. The van der Waals surface area contributed by atoms with Crippen LogP contribution in [0.25, 0.3) is 0 Å². The largest absolute Gasteiger partial charge is 0.481 e. The number of hydrogen-bond acceptors (Lipinski definition) is 4. The number of hydrogen-bond donors (Lipinski definition) is 2. The lowest BCUT2D eigenvalue weighted by Crippen LogP contribution is -2.40. The first kappa shape index (κ1) is 17.7. The van der Waals surface area contributed by atoms with Crippen molar-refractivity contribution >= 4 is 23.5 Å². The van der Waals surface area contributed by atoms with Crippen molar-refractivity contribution in [3.05, 3.63) is 35.9 Å². The van der Waals surface area contributed by atoms with Gasteiger partial charge < -0.3 is 10.4 Å². The van der Waals surface area contributed by atoms with Gasteiger partial charge in [-0.2, -0.15) is 5.10 Å². The van der Waals surface area contributed by atoms with Crippen molar-refractivity contribution < 1.29 is 19.5 Å². The van der Waals surface area contributed by atoms with Crippen LogP contribution < -0.4 is 5.32 Å². The Hall–Kier alpha value is -2.70. The van der Waals surface area contributed by atoms with Gasteiger partial charge in [0.25, 0.3) is 5.91 Å². The van der Waals surface area contributed by atoms with Gasteiger partial charge in [0.15, 0.2) is 0 Å². The number of hydrazone groups is 1. The number of carboxylic acids is 1. The van der Waals surface area contributed by atoms with E-state index in [-0.39, 0.29) is 37.1 Å². The topological polar surface area (TPSA) is 99.1 Å². The molecule has 24 heavy (non-hydrogen) atoms. The normalized spacial score (nSPS) is 15.6. The van der Waals surface area contributed by atoms with E-state index in [0.29, 0.717) is 18.7 Å². The maximum absolute atomic E-state index is 12.2. The van der Waals surface area contributed by atoms with Gasteiger partial charge in [0, 0.05) is 25.8 Å². The average molecular weight is 331 g/mol. The summed E-state index contributed by atoms with van der Waals surface area (Å²) in [5.74, 6) is -1.53.